The van der Waals surface area contributed by atoms with Crippen LogP contribution in [0.3, 0.4) is 0 Å². The van der Waals surface area contributed by atoms with Gasteiger partial charge in [-0.05, 0) is 75.1 Å². The summed E-state index contributed by atoms with van der Waals surface area (Å²) >= 11 is 6.15. The van der Waals surface area contributed by atoms with Crippen LogP contribution in [-0.4, -0.2) is 29.2 Å². The topological polar surface area (TPSA) is 38.8 Å². The summed E-state index contributed by atoms with van der Waals surface area (Å²) < 4.78 is 90.9. The molecule has 1 aliphatic heterocycles. The summed E-state index contributed by atoms with van der Waals surface area (Å²) in [5.41, 5.74) is -3.28. The van der Waals surface area contributed by atoms with Crippen LogP contribution in [0.4, 0.5) is 31.1 Å². The summed E-state index contributed by atoms with van der Waals surface area (Å²) in [6.45, 7) is 4.94. The van der Waals surface area contributed by atoms with Crippen molar-refractivity contribution in [2.24, 2.45) is 0 Å². The lowest BCUT2D eigenvalue weighted by Crippen LogP contribution is -2.47. The first-order chi connectivity index (χ1) is 16.5. The van der Waals surface area contributed by atoms with Gasteiger partial charge in [-0.25, -0.2) is 4.79 Å². The predicted molar refractivity (Wildman–Crippen MR) is 121 cm³/mol. The van der Waals surface area contributed by atoms with E-state index < -0.39 is 53.9 Å². The summed E-state index contributed by atoms with van der Waals surface area (Å²) in [7, 11) is 0. The van der Waals surface area contributed by atoms with E-state index in [1.165, 1.54) is 4.90 Å². The minimum absolute atomic E-state index is 0.0725. The van der Waals surface area contributed by atoms with Crippen molar-refractivity contribution in [3.8, 4) is 0 Å². The molecule has 2 aromatic carbocycles. The van der Waals surface area contributed by atoms with Gasteiger partial charge in [0.15, 0.2) is 0 Å². The second kappa shape index (κ2) is 10.5. The van der Waals surface area contributed by atoms with Crippen molar-refractivity contribution in [1.29, 1.82) is 0 Å². The molecule has 0 aliphatic carbocycles. The second-order valence-corrected chi connectivity index (χ2v) is 10.0. The number of hydrogen-bond acceptors (Lipinski definition) is 3. The number of carbonyl (C=O) groups excluding carboxylic acids is 1. The fraction of sp³-hybridized carbons (Fsp3) is 0.480. The van der Waals surface area contributed by atoms with Gasteiger partial charge in [0.05, 0.1) is 29.9 Å². The first-order valence-electron chi connectivity index (χ1n) is 11.2. The lowest BCUT2D eigenvalue weighted by molar-refractivity contribution is -0.143. The molecule has 0 spiro atoms. The number of amides is 1. The molecule has 1 fully saturated rings. The molecule has 1 heterocycles. The van der Waals surface area contributed by atoms with E-state index in [1.54, 1.807) is 45.0 Å². The van der Waals surface area contributed by atoms with Crippen molar-refractivity contribution in [1.82, 2.24) is 4.90 Å². The summed E-state index contributed by atoms with van der Waals surface area (Å²) in [5.74, 6) is 0. The van der Waals surface area contributed by atoms with Crippen molar-refractivity contribution in [3.05, 3.63) is 69.7 Å². The van der Waals surface area contributed by atoms with E-state index in [1.807, 2.05) is 0 Å². The number of likely N-dealkylation sites (tertiary alicyclic amines) is 1. The van der Waals surface area contributed by atoms with E-state index in [2.05, 4.69) is 0 Å². The smallest absolute Gasteiger partial charge is 0.416 e. The van der Waals surface area contributed by atoms with E-state index in [4.69, 9.17) is 21.1 Å². The van der Waals surface area contributed by atoms with Crippen LogP contribution in [0, 0.1) is 0 Å². The Morgan fingerprint density at radius 3 is 2.14 bits per heavy atom. The first kappa shape index (κ1) is 28.1. The van der Waals surface area contributed by atoms with E-state index in [0.29, 0.717) is 42.1 Å². The zero-order valence-corrected chi connectivity index (χ0v) is 20.6. The van der Waals surface area contributed by atoms with Gasteiger partial charge in [-0.15, -0.1) is 0 Å². The number of carbonyl (C=O) groups is 1. The van der Waals surface area contributed by atoms with Crippen LogP contribution >= 0.6 is 11.6 Å². The molecule has 1 amide bonds. The fourth-order valence-electron chi connectivity index (χ4n) is 4.05. The Labute approximate surface area is 210 Å². The molecule has 2 atom stereocenters. The molecule has 36 heavy (non-hydrogen) atoms. The van der Waals surface area contributed by atoms with Gasteiger partial charge < -0.3 is 9.47 Å². The number of alkyl halides is 6. The quantitative estimate of drug-likeness (QED) is 0.371. The molecule has 0 aromatic heterocycles. The van der Waals surface area contributed by atoms with Crippen LogP contribution in [0.25, 0.3) is 0 Å². The third-order valence-corrected chi connectivity index (χ3v) is 5.74. The fourth-order valence-corrected chi connectivity index (χ4v) is 4.25. The third-order valence-electron chi connectivity index (χ3n) is 5.51. The zero-order valence-electron chi connectivity index (χ0n) is 19.8. The highest BCUT2D eigenvalue weighted by molar-refractivity contribution is 6.30. The Hall–Kier alpha value is -2.46. The van der Waals surface area contributed by atoms with Gasteiger partial charge in [0, 0.05) is 11.6 Å². The number of benzene rings is 2. The second-order valence-electron chi connectivity index (χ2n) is 9.58. The molecule has 2 aromatic rings. The normalized spacial score (nSPS) is 19.3. The van der Waals surface area contributed by atoms with Crippen molar-refractivity contribution >= 4 is 17.7 Å². The molecule has 198 valence electrons. The number of hydrogen-bond donors (Lipinski definition) is 0. The van der Waals surface area contributed by atoms with Crippen LogP contribution in [0.1, 0.15) is 61.9 Å². The summed E-state index contributed by atoms with van der Waals surface area (Å²) in [5, 5.41) is 0.397. The largest absolute Gasteiger partial charge is 0.444 e. The minimum Gasteiger partial charge on any atom is -0.444 e. The van der Waals surface area contributed by atoms with Crippen LogP contribution < -0.4 is 0 Å². The Balaban J connectivity index is 1.93. The molecule has 0 radical (unpaired) electrons. The number of rotatable bonds is 4. The van der Waals surface area contributed by atoms with Gasteiger partial charge in [-0.2, -0.15) is 26.3 Å². The summed E-state index contributed by atoms with van der Waals surface area (Å²) in [4.78, 5) is 14.4. The number of piperidine rings is 1. The van der Waals surface area contributed by atoms with Crippen molar-refractivity contribution < 1.29 is 40.6 Å². The average Bonchev–Trinajstić information content (AvgIpc) is 2.75. The van der Waals surface area contributed by atoms with E-state index in [-0.39, 0.29) is 11.6 Å². The SMILES string of the molecule is CC(C)(C)OC(=O)N1CCCC(OCc2cc(C(F)(F)F)cc(C(F)(F)F)c2)C1c1cccc(Cl)c1. The molecule has 2 unspecified atom stereocenters. The molecule has 1 saturated heterocycles. The van der Waals surface area contributed by atoms with Gasteiger partial charge in [0.1, 0.15) is 5.60 Å². The van der Waals surface area contributed by atoms with Gasteiger partial charge in [0.25, 0.3) is 0 Å². The lowest BCUT2D eigenvalue weighted by atomic mass is 9.92. The van der Waals surface area contributed by atoms with Gasteiger partial charge in [0.2, 0.25) is 0 Å². The van der Waals surface area contributed by atoms with Gasteiger partial charge in [-0.3, -0.25) is 4.90 Å². The highest BCUT2D eigenvalue weighted by Crippen LogP contribution is 2.38. The van der Waals surface area contributed by atoms with Crippen LogP contribution in [0.15, 0.2) is 42.5 Å². The Morgan fingerprint density at radius 2 is 1.61 bits per heavy atom. The maximum Gasteiger partial charge on any atom is 0.416 e. The lowest BCUT2D eigenvalue weighted by Gasteiger charge is -2.41. The van der Waals surface area contributed by atoms with Crippen molar-refractivity contribution in [3.63, 3.8) is 0 Å². The maximum absolute atomic E-state index is 13.2. The van der Waals surface area contributed by atoms with Crippen LogP contribution in [0.5, 0.6) is 0 Å². The number of nitrogens with zero attached hydrogens (tertiary/aromatic N) is 1. The minimum atomic E-state index is -4.96. The molecule has 0 saturated carbocycles. The third kappa shape index (κ3) is 7.29. The van der Waals surface area contributed by atoms with E-state index in [0.717, 1.165) is 0 Å². The predicted octanol–water partition coefficient (Wildman–Crippen LogP) is 8.04. The van der Waals surface area contributed by atoms with Crippen molar-refractivity contribution in [2.75, 3.05) is 6.54 Å². The standard InChI is InChI=1S/C25H26ClF6NO3/c1-23(2,3)36-22(34)33-9-5-8-20(21(33)16-6-4-7-19(26)12-16)35-14-15-10-17(24(27,28)29)13-18(11-15)25(30,31)32/h4,6-7,10-13,20-21H,5,8-9,14H2,1-3H3. The summed E-state index contributed by atoms with van der Waals surface area (Å²) in [6, 6.07) is 7.32. The van der Waals surface area contributed by atoms with E-state index >= 15 is 0 Å². The highest BCUT2D eigenvalue weighted by Gasteiger charge is 2.40. The first-order valence-corrected chi connectivity index (χ1v) is 11.6. The van der Waals surface area contributed by atoms with Gasteiger partial charge in [-0.1, -0.05) is 23.7 Å². The summed E-state index contributed by atoms with van der Waals surface area (Å²) in [6.07, 6.45) is -10.3. The number of halogens is 7. The molecule has 0 bridgehead atoms. The molecule has 3 rings (SSSR count). The molecular weight excluding hydrogens is 512 g/mol. The molecule has 4 nitrogen and oxygen atoms in total. The number of ether oxygens (including phenoxy) is 2. The van der Waals surface area contributed by atoms with Crippen LogP contribution in [0.2, 0.25) is 5.02 Å². The monoisotopic (exact) mass is 537 g/mol. The average molecular weight is 538 g/mol. The Morgan fingerprint density at radius 1 is 1.00 bits per heavy atom. The zero-order chi connectivity index (χ0) is 26.9. The highest BCUT2D eigenvalue weighted by atomic mass is 35.5. The van der Waals surface area contributed by atoms with Crippen LogP contribution in [-0.2, 0) is 28.4 Å². The van der Waals surface area contributed by atoms with E-state index in [9.17, 15) is 31.1 Å². The Bertz CT molecular complexity index is 1050. The Kier molecular flexibility index (Phi) is 8.20. The molecular formula is C25H26ClF6NO3. The molecule has 11 heteroatoms. The van der Waals surface area contributed by atoms with Crippen molar-refractivity contribution in [2.45, 2.75) is 70.3 Å². The maximum atomic E-state index is 13.2. The molecule has 1 aliphatic rings. The van der Waals surface area contributed by atoms with Gasteiger partial charge >= 0.3 is 18.4 Å². The molecule has 0 N–H and O–H groups in total.